The number of hydrogen-bond acceptors (Lipinski definition) is 4. The first-order chi connectivity index (χ1) is 8.13. The summed E-state index contributed by atoms with van der Waals surface area (Å²) in [4.78, 5) is 13.7. The van der Waals surface area contributed by atoms with Crippen molar-refractivity contribution in [3.05, 3.63) is 0 Å². The zero-order chi connectivity index (χ0) is 12.7. The normalized spacial score (nSPS) is 18.6. The van der Waals surface area contributed by atoms with Gasteiger partial charge in [-0.1, -0.05) is 0 Å². The Labute approximate surface area is 105 Å². The van der Waals surface area contributed by atoms with Gasteiger partial charge in [0.1, 0.15) is 0 Å². The summed E-state index contributed by atoms with van der Waals surface area (Å²) in [5, 5.41) is 3.44. The fourth-order valence-electron chi connectivity index (χ4n) is 2.23. The standard InChI is InChI=1S/C13H26N2O2/c1-4-17-13(16)5-8-14-12-6-9-15(10-7-12)11(2)3/h11-12,14H,4-10H2,1-3H3. The lowest BCUT2D eigenvalue weighted by Crippen LogP contribution is -2.45. The molecule has 1 saturated heterocycles. The molecule has 1 aliphatic rings. The number of piperidine rings is 1. The van der Waals surface area contributed by atoms with Gasteiger partial charge in [0.25, 0.3) is 0 Å². The number of likely N-dealkylation sites (tertiary alicyclic amines) is 1. The topological polar surface area (TPSA) is 41.6 Å². The van der Waals surface area contributed by atoms with Crippen molar-refractivity contribution in [3.8, 4) is 0 Å². The van der Waals surface area contributed by atoms with Crippen LogP contribution in [-0.4, -0.2) is 49.2 Å². The first-order valence-electron chi connectivity index (χ1n) is 6.76. The van der Waals surface area contributed by atoms with E-state index >= 15 is 0 Å². The van der Waals surface area contributed by atoms with Gasteiger partial charge in [0.05, 0.1) is 13.0 Å². The Kier molecular flexibility index (Phi) is 6.52. The monoisotopic (exact) mass is 242 g/mol. The largest absolute Gasteiger partial charge is 0.466 e. The van der Waals surface area contributed by atoms with Crippen molar-refractivity contribution < 1.29 is 9.53 Å². The molecule has 0 aliphatic carbocycles. The second-order valence-corrected chi connectivity index (χ2v) is 4.91. The molecule has 0 atom stereocenters. The molecule has 100 valence electrons. The number of carbonyl (C=O) groups is 1. The molecule has 1 heterocycles. The van der Waals surface area contributed by atoms with Crippen LogP contribution in [0.25, 0.3) is 0 Å². The van der Waals surface area contributed by atoms with Crippen LogP contribution < -0.4 is 5.32 Å². The third-order valence-corrected chi connectivity index (χ3v) is 3.33. The number of nitrogens with one attached hydrogen (secondary N) is 1. The minimum absolute atomic E-state index is 0.0976. The third-order valence-electron chi connectivity index (χ3n) is 3.33. The van der Waals surface area contributed by atoms with E-state index in [1.807, 2.05) is 6.92 Å². The van der Waals surface area contributed by atoms with Gasteiger partial charge in [-0.3, -0.25) is 4.79 Å². The molecule has 0 spiro atoms. The van der Waals surface area contributed by atoms with Gasteiger partial charge in [-0.15, -0.1) is 0 Å². The second-order valence-electron chi connectivity index (χ2n) is 4.91. The average molecular weight is 242 g/mol. The number of esters is 1. The molecule has 0 bridgehead atoms. The fraction of sp³-hybridized carbons (Fsp3) is 0.923. The van der Waals surface area contributed by atoms with Crippen LogP contribution in [0.5, 0.6) is 0 Å². The highest BCUT2D eigenvalue weighted by atomic mass is 16.5. The summed E-state index contributed by atoms with van der Waals surface area (Å²) in [5.41, 5.74) is 0. The van der Waals surface area contributed by atoms with Crippen LogP contribution in [0.2, 0.25) is 0 Å². The lowest BCUT2D eigenvalue weighted by Gasteiger charge is -2.34. The van der Waals surface area contributed by atoms with Gasteiger partial charge in [-0.2, -0.15) is 0 Å². The Balaban J connectivity index is 2.08. The summed E-state index contributed by atoms with van der Waals surface area (Å²) in [6.45, 7) is 9.87. The molecule has 1 aliphatic heterocycles. The maximum atomic E-state index is 11.2. The highest BCUT2D eigenvalue weighted by molar-refractivity contribution is 5.69. The van der Waals surface area contributed by atoms with Crippen LogP contribution in [0.15, 0.2) is 0 Å². The highest BCUT2D eigenvalue weighted by Crippen LogP contribution is 2.12. The molecule has 0 aromatic heterocycles. The summed E-state index contributed by atoms with van der Waals surface area (Å²) in [6.07, 6.45) is 2.85. The molecule has 1 fully saturated rings. The number of rotatable bonds is 6. The summed E-state index contributed by atoms with van der Waals surface area (Å²) in [6, 6.07) is 1.22. The molecule has 17 heavy (non-hydrogen) atoms. The SMILES string of the molecule is CCOC(=O)CCNC1CCN(C(C)C)CC1. The lowest BCUT2D eigenvalue weighted by atomic mass is 10.0. The quantitative estimate of drug-likeness (QED) is 0.715. The Morgan fingerprint density at radius 3 is 2.59 bits per heavy atom. The maximum absolute atomic E-state index is 11.2. The first kappa shape index (κ1) is 14.5. The molecule has 1 rings (SSSR count). The van der Waals surface area contributed by atoms with Crippen LogP contribution in [-0.2, 0) is 9.53 Å². The third kappa shape index (κ3) is 5.50. The van der Waals surface area contributed by atoms with E-state index in [1.165, 1.54) is 12.8 Å². The van der Waals surface area contributed by atoms with Crippen molar-refractivity contribution in [2.45, 2.75) is 52.1 Å². The smallest absolute Gasteiger partial charge is 0.307 e. The molecule has 0 aromatic carbocycles. The Morgan fingerprint density at radius 1 is 1.41 bits per heavy atom. The van der Waals surface area contributed by atoms with E-state index in [0.717, 1.165) is 19.6 Å². The van der Waals surface area contributed by atoms with Crippen LogP contribution in [0, 0.1) is 0 Å². The van der Waals surface area contributed by atoms with Gasteiger partial charge in [-0.05, 0) is 46.7 Å². The van der Waals surface area contributed by atoms with E-state index in [4.69, 9.17) is 4.74 Å². The molecule has 0 aromatic rings. The average Bonchev–Trinajstić information content (AvgIpc) is 2.30. The van der Waals surface area contributed by atoms with Crippen molar-refractivity contribution in [1.29, 1.82) is 0 Å². The Morgan fingerprint density at radius 2 is 2.06 bits per heavy atom. The van der Waals surface area contributed by atoms with E-state index in [2.05, 4.69) is 24.1 Å². The molecule has 0 amide bonds. The molecule has 0 saturated carbocycles. The van der Waals surface area contributed by atoms with Crippen LogP contribution >= 0.6 is 0 Å². The zero-order valence-electron chi connectivity index (χ0n) is 11.4. The van der Waals surface area contributed by atoms with E-state index < -0.39 is 0 Å². The lowest BCUT2D eigenvalue weighted by molar-refractivity contribution is -0.143. The van der Waals surface area contributed by atoms with E-state index in [-0.39, 0.29) is 5.97 Å². The number of hydrogen-bond donors (Lipinski definition) is 1. The van der Waals surface area contributed by atoms with Crippen molar-refractivity contribution in [2.24, 2.45) is 0 Å². The predicted molar refractivity (Wildman–Crippen MR) is 69.0 cm³/mol. The molecule has 4 heteroatoms. The summed E-state index contributed by atoms with van der Waals surface area (Å²) in [5.74, 6) is -0.0976. The van der Waals surface area contributed by atoms with E-state index in [1.54, 1.807) is 0 Å². The Bertz CT molecular complexity index is 223. The highest BCUT2D eigenvalue weighted by Gasteiger charge is 2.20. The number of carbonyl (C=O) groups excluding carboxylic acids is 1. The zero-order valence-corrected chi connectivity index (χ0v) is 11.4. The van der Waals surface area contributed by atoms with Gasteiger partial charge in [-0.25, -0.2) is 0 Å². The summed E-state index contributed by atoms with van der Waals surface area (Å²) in [7, 11) is 0. The van der Waals surface area contributed by atoms with Gasteiger partial charge < -0.3 is 15.0 Å². The van der Waals surface area contributed by atoms with Crippen LogP contribution in [0.1, 0.15) is 40.0 Å². The predicted octanol–water partition coefficient (Wildman–Crippen LogP) is 1.40. The molecule has 0 radical (unpaired) electrons. The first-order valence-corrected chi connectivity index (χ1v) is 6.76. The van der Waals surface area contributed by atoms with Gasteiger partial charge in [0.15, 0.2) is 0 Å². The van der Waals surface area contributed by atoms with Crippen LogP contribution in [0.3, 0.4) is 0 Å². The minimum Gasteiger partial charge on any atom is -0.466 e. The summed E-state index contributed by atoms with van der Waals surface area (Å²) >= 11 is 0. The number of nitrogens with zero attached hydrogens (tertiary/aromatic N) is 1. The van der Waals surface area contributed by atoms with E-state index in [0.29, 0.717) is 25.1 Å². The Hall–Kier alpha value is -0.610. The van der Waals surface area contributed by atoms with Crippen molar-refractivity contribution in [1.82, 2.24) is 10.2 Å². The second kappa shape index (κ2) is 7.67. The molecular weight excluding hydrogens is 216 g/mol. The molecule has 4 nitrogen and oxygen atoms in total. The maximum Gasteiger partial charge on any atom is 0.307 e. The van der Waals surface area contributed by atoms with E-state index in [9.17, 15) is 4.79 Å². The van der Waals surface area contributed by atoms with Crippen molar-refractivity contribution >= 4 is 5.97 Å². The summed E-state index contributed by atoms with van der Waals surface area (Å²) < 4.78 is 4.89. The molecular formula is C13H26N2O2. The minimum atomic E-state index is -0.0976. The van der Waals surface area contributed by atoms with Gasteiger partial charge in [0, 0.05) is 18.6 Å². The molecule has 0 unspecified atom stereocenters. The van der Waals surface area contributed by atoms with Gasteiger partial charge in [0.2, 0.25) is 0 Å². The van der Waals surface area contributed by atoms with Crippen molar-refractivity contribution in [2.75, 3.05) is 26.2 Å². The fourth-order valence-corrected chi connectivity index (χ4v) is 2.23. The van der Waals surface area contributed by atoms with Crippen LogP contribution in [0.4, 0.5) is 0 Å². The number of ether oxygens (including phenoxy) is 1. The molecule has 1 N–H and O–H groups in total. The van der Waals surface area contributed by atoms with Crippen molar-refractivity contribution in [3.63, 3.8) is 0 Å². The van der Waals surface area contributed by atoms with Gasteiger partial charge >= 0.3 is 5.97 Å².